The molecule has 1 atom stereocenters. The molecule has 0 aliphatic carbocycles. The first kappa shape index (κ1) is 20.2. The minimum atomic E-state index is -0.747. The summed E-state index contributed by atoms with van der Waals surface area (Å²) in [5.41, 5.74) is 1.97. The van der Waals surface area contributed by atoms with Crippen LogP contribution in [0.1, 0.15) is 18.4 Å². The van der Waals surface area contributed by atoms with Crippen LogP contribution in [0.4, 0.5) is 0 Å². The van der Waals surface area contributed by atoms with E-state index in [4.69, 9.17) is 32.4 Å². The highest BCUT2D eigenvalue weighted by molar-refractivity contribution is 6.35. The van der Waals surface area contributed by atoms with Gasteiger partial charge in [-0.25, -0.2) is 0 Å². The van der Waals surface area contributed by atoms with Crippen molar-refractivity contribution in [1.82, 2.24) is 15.1 Å². The van der Waals surface area contributed by atoms with Gasteiger partial charge in [-0.1, -0.05) is 40.9 Å². The number of aryl methyl sites for hydroxylation is 1. The zero-order valence-electron chi connectivity index (χ0n) is 15.6. The van der Waals surface area contributed by atoms with Gasteiger partial charge in [-0.2, -0.15) is 0 Å². The number of likely N-dealkylation sites (N-methyl/N-ethyl adjacent to an activating group) is 1. The predicted octanol–water partition coefficient (Wildman–Crippen LogP) is 4.78. The van der Waals surface area contributed by atoms with Gasteiger partial charge in [0.2, 0.25) is 11.8 Å². The zero-order chi connectivity index (χ0) is 20.3. The van der Waals surface area contributed by atoms with Crippen molar-refractivity contribution in [3.63, 3.8) is 0 Å². The van der Waals surface area contributed by atoms with E-state index in [-0.39, 0.29) is 12.5 Å². The lowest BCUT2D eigenvalue weighted by atomic mass is 10.1. The number of carbonyl (C=O) groups is 1. The number of ether oxygens (including phenoxy) is 1. The van der Waals surface area contributed by atoms with Crippen molar-refractivity contribution < 1.29 is 13.9 Å². The maximum atomic E-state index is 12.6. The molecule has 1 aromatic heterocycles. The highest BCUT2D eigenvalue weighted by Crippen LogP contribution is 2.28. The lowest BCUT2D eigenvalue weighted by Crippen LogP contribution is -2.37. The van der Waals surface area contributed by atoms with E-state index in [2.05, 4.69) is 10.2 Å². The third-order valence-electron chi connectivity index (χ3n) is 4.06. The minimum absolute atomic E-state index is 0.166. The van der Waals surface area contributed by atoms with Gasteiger partial charge in [0.15, 0.2) is 6.10 Å². The Morgan fingerprint density at radius 2 is 1.89 bits per heavy atom. The second kappa shape index (κ2) is 8.63. The Hall–Kier alpha value is -2.57. The summed E-state index contributed by atoms with van der Waals surface area (Å²) in [6.07, 6.45) is -0.747. The van der Waals surface area contributed by atoms with Crippen molar-refractivity contribution in [3.05, 3.63) is 64.0 Å². The molecule has 3 aromatic rings. The normalized spacial score (nSPS) is 11.9. The van der Waals surface area contributed by atoms with E-state index in [0.29, 0.717) is 27.6 Å². The van der Waals surface area contributed by atoms with E-state index in [1.54, 1.807) is 32.2 Å². The highest BCUT2D eigenvalue weighted by atomic mass is 35.5. The molecule has 0 radical (unpaired) electrons. The van der Waals surface area contributed by atoms with Gasteiger partial charge in [-0.05, 0) is 44.2 Å². The van der Waals surface area contributed by atoms with Crippen LogP contribution in [-0.4, -0.2) is 34.2 Å². The van der Waals surface area contributed by atoms with E-state index in [0.717, 1.165) is 11.1 Å². The van der Waals surface area contributed by atoms with Crippen LogP contribution >= 0.6 is 23.2 Å². The first-order valence-corrected chi connectivity index (χ1v) is 9.35. The van der Waals surface area contributed by atoms with Crippen molar-refractivity contribution in [1.29, 1.82) is 0 Å². The molecule has 0 bridgehead atoms. The van der Waals surface area contributed by atoms with Crippen LogP contribution in [0.2, 0.25) is 10.0 Å². The number of benzene rings is 2. The summed E-state index contributed by atoms with van der Waals surface area (Å²) < 4.78 is 11.3. The number of hydrogen-bond acceptors (Lipinski definition) is 5. The molecule has 3 rings (SSSR count). The van der Waals surface area contributed by atoms with Crippen molar-refractivity contribution in [2.45, 2.75) is 26.5 Å². The van der Waals surface area contributed by atoms with Gasteiger partial charge in [0, 0.05) is 17.6 Å². The molecule has 1 amide bonds. The average molecular weight is 420 g/mol. The third kappa shape index (κ3) is 4.82. The van der Waals surface area contributed by atoms with Crippen LogP contribution in [0.5, 0.6) is 5.75 Å². The average Bonchev–Trinajstić information content (AvgIpc) is 3.12. The van der Waals surface area contributed by atoms with E-state index >= 15 is 0 Å². The summed E-state index contributed by atoms with van der Waals surface area (Å²) in [5, 5.41) is 8.90. The van der Waals surface area contributed by atoms with E-state index in [1.165, 1.54) is 4.90 Å². The topological polar surface area (TPSA) is 68.5 Å². The first-order valence-electron chi connectivity index (χ1n) is 8.59. The summed E-state index contributed by atoms with van der Waals surface area (Å²) in [6.45, 7) is 3.82. The molecule has 0 aliphatic heterocycles. The van der Waals surface area contributed by atoms with Gasteiger partial charge in [0.05, 0.1) is 11.6 Å². The molecule has 0 saturated carbocycles. The predicted molar refractivity (Wildman–Crippen MR) is 107 cm³/mol. The summed E-state index contributed by atoms with van der Waals surface area (Å²) >= 11 is 12.0. The molecule has 0 aliphatic rings. The van der Waals surface area contributed by atoms with Crippen molar-refractivity contribution in [2.24, 2.45) is 0 Å². The molecule has 6 nitrogen and oxygen atoms in total. The fourth-order valence-electron chi connectivity index (χ4n) is 2.53. The minimum Gasteiger partial charge on any atom is -0.479 e. The number of halogens is 2. The van der Waals surface area contributed by atoms with Crippen molar-refractivity contribution >= 4 is 29.1 Å². The Morgan fingerprint density at radius 1 is 1.18 bits per heavy atom. The number of carbonyl (C=O) groups excluding carboxylic acids is 1. The zero-order valence-corrected chi connectivity index (χ0v) is 17.2. The Bertz CT molecular complexity index is 973. The molecule has 0 spiro atoms. The Kier molecular flexibility index (Phi) is 6.21. The van der Waals surface area contributed by atoms with Crippen molar-refractivity contribution in [3.8, 4) is 17.2 Å². The first-order chi connectivity index (χ1) is 13.3. The van der Waals surface area contributed by atoms with Gasteiger partial charge in [-0.3, -0.25) is 4.79 Å². The number of rotatable bonds is 6. The quantitative estimate of drug-likeness (QED) is 0.574. The van der Waals surface area contributed by atoms with Crippen LogP contribution in [0.15, 0.2) is 46.9 Å². The summed E-state index contributed by atoms with van der Waals surface area (Å²) in [7, 11) is 1.64. The molecule has 2 aromatic carbocycles. The molecule has 0 N–H and O–H groups in total. The van der Waals surface area contributed by atoms with Crippen LogP contribution in [-0.2, 0) is 11.3 Å². The Balaban J connectivity index is 1.63. The van der Waals surface area contributed by atoms with Crippen LogP contribution in [0.3, 0.4) is 0 Å². The molecule has 8 heteroatoms. The van der Waals surface area contributed by atoms with E-state index in [1.807, 2.05) is 31.2 Å². The SMILES string of the molecule is Cc1ccc(-c2nnc(CN(C)C(=O)[C@H](C)Oc3ccc(Cl)cc3Cl)o2)cc1. The molecule has 0 unspecified atom stereocenters. The lowest BCUT2D eigenvalue weighted by molar-refractivity contribution is -0.137. The molecule has 1 heterocycles. The van der Waals surface area contributed by atoms with E-state index < -0.39 is 6.10 Å². The highest BCUT2D eigenvalue weighted by Gasteiger charge is 2.22. The van der Waals surface area contributed by atoms with Crippen LogP contribution in [0.25, 0.3) is 11.5 Å². The number of nitrogens with zero attached hydrogens (tertiary/aromatic N) is 3. The Morgan fingerprint density at radius 3 is 2.57 bits per heavy atom. The number of hydrogen-bond donors (Lipinski definition) is 0. The largest absolute Gasteiger partial charge is 0.479 e. The van der Waals surface area contributed by atoms with Gasteiger partial charge in [-0.15, -0.1) is 10.2 Å². The van der Waals surface area contributed by atoms with Crippen molar-refractivity contribution in [2.75, 3.05) is 7.05 Å². The molecule has 146 valence electrons. The second-order valence-corrected chi connectivity index (χ2v) is 7.24. The third-order valence-corrected chi connectivity index (χ3v) is 4.59. The molecule has 28 heavy (non-hydrogen) atoms. The fourth-order valence-corrected chi connectivity index (χ4v) is 2.99. The smallest absolute Gasteiger partial charge is 0.263 e. The number of aromatic nitrogens is 2. The van der Waals surface area contributed by atoms with Crippen LogP contribution < -0.4 is 4.74 Å². The maximum Gasteiger partial charge on any atom is 0.263 e. The molecular formula is C20H19Cl2N3O3. The van der Waals surface area contributed by atoms with E-state index in [9.17, 15) is 4.79 Å². The summed E-state index contributed by atoms with van der Waals surface area (Å²) in [4.78, 5) is 14.0. The second-order valence-electron chi connectivity index (χ2n) is 6.40. The van der Waals surface area contributed by atoms with Gasteiger partial charge >= 0.3 is 0 Å². The Labute approximate surface area is 173 Å². The molecule has 0 fully saturated rings. The summed E-state index contributed by atoms with van der Waals surface area (Å²) in [5.74, 6) is 0.886. The number of amides is 1. The summed E-state index contributed by atoms with van der Waals surface area (Å²) in [6, 6.07) is 12.6. The monoisotopic (exact) mass is 419 g/mol. The lowest BCUT2D eigenvalue weighted by Gasteiger charge is -2.21. The maximum absolute atomic E-state index is 12.6. The van der Waals surface area contributed by atoms with Gasteiger partial charge in [0.25, 0.3) is 5.91 Å². The fraction of sp³-hybridized carbons (Fsp3) is 0.250. The van der Waals surface area contributed by atoms with Gasteiger partial charge in [0.1, 0.15) is 5.75 Å². The molecule has 0 saturated heterocycles. The molecular weight excluding hydrogens is 401 g/mol. The van der Waals surface area contributed by atoms with Gasteiger partial charge < -0.3 is 14.1 Å². The standard InChI is InChI=1S/C20H19Cl2N3O3/c1-12-4-6-14(7-5-12)19-24-23-18(28-19)11-25(3)20(26)13(2)27-17-9-8-15(21)10-16(17)22/h4-10,13H,11H2,1-3H3/t13-/m0/s1. The van der Waals surface area contributed by atoms with Crippen LogP contribution in [0, 0.1) is 6.92 Å².